The van der Waals surface area contributed by atoms with Crippen LogP contribution in [0.3, 0.4) is 0 Å². The van der Waals surface area contributed by atoms with E-state index in [1.807, 2.05) is 0 Å². The molecule has 2 fully saturated rings. The Labute approximate surface area is 165 Å². The van der Waals surface area contributed by atoms with E-state index < -0.39 is 16.0 Å². The van der Waals surface area contributed by atoms with Crippen molar-refractivity contribution >= 4 is 21.9 Å². The molecule has 1 saturated heterocycles. The Morgan fingerprint density at radius 3 is 2.57 bits per heavy atom. The van der Waals surface area contributed by atoms with Gasteiger partial charge in [-0.25, -0.2) is 13.2 Å². The lowest BCUT2D eigenvalue weighted by molar-refractivity contribution is -0.125. The average molecular weight is 410 g/mol. The van der Waals surface area contributed by atoms with Gasteiger partial charge in [-0.15, -0.1) is 0 Å². The molecular formula is C19H26N2O6S. The maximum Gasteiger partial charge on any atom is 0.338 e. The predicted molar refractivity (Wildman–Crippen MR) is 101 cm³/mol. The predicted octanol–water partition coefficient (Wildman–Crippen LogP) is 1.31. The summed E-state index contributed by atoms with van der Waals surface area (Å²) in [6.45, 7) is 0.862. The van der Waals surface area contributed by atoms with Crippen molar-refractivity contribution in [2.75, 3.05) is 32.9 Å². The number of nitrogens with one attached hydrogen (secondary N) is 1. The van der Waals surface area contributed by atoms with E-state index in [9.17, 15) is 18.0 Å². The second kappa shape index (κ2) is 9.49. The van der Waals surface area contributed by atoms with Crippen molar-refractivity contribution < 1.29 is 27.5 Å². The van der Waals surface area contributed by atoms with Crippen LogP contribution < -0.4 is 5.32 Å². The molecule has 1 N–H and O–H groups in total. The summed E-state index contributed by atoms with van der Waals surface area (Å²) in [6.07, 6.45) is 5.26. The third-order valence-corrected chi connectivity index (χ3v) is 6.88. The highest BCUT2D eigenvalue weighted by atomic mass is 32.2. The Kier molecular flexibility index (Phi) is 7.03. The quantitative estimate of drug-likeness (QED) is 0.710. The molecule has 1 aliphatic carbocycles. The Bertz CT molecular complexity index is 798. The summed E-state index contributed by atoms with van der Waals surface area (Å²) < 4.78 is 37.0. The average Bonchev–Trinajstić information content (AvgIpc) is 2.73. The number of carbonyl (C=O) groups is 2. The Balaban J connectivity index is 1.58. The van der Waals surface area contributed by atoms with E-state index in [2.05, 4.69) is 5.32 Å². The first kappa shape index (κ1) is 20.8. The molecule has 3 rings (SSSR count). The number of hydrogen-bond acceptors (Lipinski definition) is 6. The lowest BCUT2D eigenvalue weighted by atomic mass is 9.95. The van der Waals surface area contributed by atoms with Crippen molar-refractivity contribution in [3.8, 4) is 0 Å². The minimum atomic E-state index is -3.70. The molecule has 0 radical (unpaired) electrons. The number of amides is 1. The lowest BCUT2D eigenvalue weighted by Crippen LogP contribution is -2.40. The second-order valence-electron chi connectivity index (χ2n) is 7.02. The molecule has 1 heterocycles. The summed E-state index contributed by atoms with van der Waals surface area (Å²) in [5, 5.41) is 2.87. The maximum atomic E-state index is 12.7. The van der Waals surface area contributed by atoms with Crippen molar-refractivity contribution in [2.45, 2.75) is 43.0 Å². The van der Waals surface area contributed by atoms with E-state index in [4.69, 9.17) is 9.47 Å². The Morgan fingerprint density at radius 1 is 1.14 bits per heavy atom. The molecule has 1 amide bonds. The third-order valence-electron chi connectivity index (χ3n) is 4.98. The molecule has 0 spiro atoms. The number of morpholine rings is 1. The zero-order valence-electron chi connectivity index (χ0n) is 15.8. The van der Waals surface area contributed by atoms with Crippen molar-refractivity contribution in [3.05, 3.63) is 29.8 Å². The van der Waals surface area contributed by atoms with Gasteiger partial charge in [0.25, 0.3) is 5.91 Å². The highest BCUT2D eigenvalue weighted by Crippen LogP contribution is 2.19. The normalized spacial score (nSPS) is 19.1. The molecule has 0 unspecified atom stereocenters. The minimum absolute atomic E-state index is 0.0236. The van der Waals surface area contributed by atoms with Gasteiger partial charge in [0.2, 0.25) is 10.0 Å². The van der Waals surface area contributed by atoms with Crippen LogP contribution in [0.2, 0.25) is 0 Å². The number of nitrogens with zero attached hydrogens (tertiary/aromatic N) is 1. The number of hydrogen-bond donors (Lipinski definition) is 1. The molecule has 1 saturated carbocycles. The van der Waals surface area contributed by atoms with E-state index in [0.717, 1.165) is 25.7 Å². The first-order chi connectivity index (χ1) is 13.5. The molecule has 0 atom stereocenters. The van der Waals surface area contributed by atoms with Gasteiger partial charge in [0.05, 0.1) is 23.7 Å². The molecule has 8 nitrogen and oxygen atoms in total. The lowest BCUT2D eigenvalue weighted by Gasteiger charge is -2.26. The number of benzene rings is 1. The largest absolute Gasteiger partial charge is 0.452 e. The van der Waals surface area contributed by atoms with Gasteiger partial charge >= 0.3 is 5.97 Å². The summed E-state index contributed by atoms with van der Waals surface area (Å²) in [5.74, 6) is -1.06. The summed E-state index contributed by atoms with van der Waals surface area (Å²) in [4.78, 5) is 24.3. The number of carbonyl (C=O) groups excluding carboxylic acids is 2. The summed E-state index contributed by atoms with van der Waals surface area (Å²) in [7, 11) is -3.70. The van der Waals surface area contributed by atoms with Crippen LogP contribution in [0.1, 0.15) is 42.5 Å². The van der Waals surface area contributed by atoms with Gasteiger partial charge in [-0.05, 0) is 31.0 Å². The van der Waals surface area contributed by atoms with Crippen LogP contribution in [-0.2, 0) is 24.3 Å². The molecular weight excluding hydrogens is 384 g/mol. The Hall–Kier alpha value is -1.97. The van der Waals surface area contributed by atoms with Crippen LogP contribution in [0.15, 0.2) is 29.2 Å². The molecule has 1 aliphatic heterocycles. The number of esters is 1. The van der Waals surface area contributed by atoms with Crippen LogP contribution in [-0.4, -0.2) is 63.6 Å². The zero-order valence-corrected chi connectivity index (χ0v) is 16.6. The summed E-state index contributed by atoms with van der Waals surface area (Å²) >= 11 is 0. The van der Waals surface area contributed by atoms with E-state index in [1.54, 1.807) is 0 Å². The fraction of sp³-hybridized carbons (Fsp3) is 0.579. The topological polar surface area (TPSA) is 102 Å². The van der Waals surface area contributed by atoms with Gasteiger partial charge in [-0.2, -0.15) is 4.31 Å². The van der Waals surface area contributed by atoms with Gasteiger partial charge in [-0.3, -0.25) is 4.79 Å². The monoisotopic (exact) mass is 410 g/mol. The molecule has 154 valence electrons. The highest BCUT2D eigenvalue weighted by molar-refractivity contribution is 7.89. The van der Waals surface area contributed by atoms with Gasteiger partial charge < -0.3 is 14.8 Å². The summed E-state index contributed by atoms with van der Waals surface area (Å²) in [6, 6.07) is 5.83. The fourth-order valence-corrected chi connectivity index (χ4v) is 4.90. The molecule has 2 aliphatic rings. The SMILES string of the molecule is O=C(COC(=O)c1cccc(S(=O)(=O)N2CCOCC2)c1)NC1CCCCC1. The number of rotatable bonds is 6. The van der Waals surface area contributed by atoms with Crippen LogP contribution in [0.4, 0.5) is 0 Å². The Morgan fingerprint density at radius 2 is 1.86 bits per heavy atom. The summed E-state index contributed by atoms with van der Waals surface area (Å²) in [5.41, 5.74) is 0.0970. The van der Waals surface area contributed by atoms with E-state index >= 15 is 0 Å². The van der Waals surface area contributed by atoms with Crippen LogP contribution >= 0.6 is 0 Å². The second-order valence-corrected chi connectivity index (χ2v) is 8.96. The first-order valence-corrected chi connectivity index (χ1v) is 11.1. The van der Waals surface area contributed by atoms with Crippen LogP contribution in [0, 0.1) is 0 Å². The van der Waals surface area contributed by atoms with Crippen molar-refractivity contribution in [2.24, 2.45) is 0 Å². The van der Waals surface area contributed by atoms with E-state index in [-0.39, 0.29) is 42.1 Å². The van der Waals surface area contributed by atoms with Crippen LogP contribution in [0.25, 0.3) is 0 Å². The maximum absolute atomic E-state index is 12.7. The fourth-order valence-electron chi connectivity index (χ4n) is 3.45. The molecule has 0 aromatic heterocycles. The van der Waals surface area contributed by atoms with Crippen molar-refractivity contribution in [3.63, 3.8) is 0 Å². The van der Waals surface area contributed by atoms with Crippen molar-refractivity contribution in [1.29, 1.82) is 0 Å². The zero-order chi connectivity index (χ0) is 20.0. The highest BCUT2D eigenvalue weighted by Gasteiger charge is 2.27. The smallest absolute Gasteiger partial charge is 0.338 e. The standard InChI is InChI=1S/C19H26N2O6S/c22-18(20-16-6-2-1-3-7-16)14-27-19(23)15-5-4-8-17(13-15)28(24,25)21-9-11-26-12-10-21/h4-5,8,13,16H,1-3,6-7,9-12,14H2,(H,20,22). The van der Waals surface area contributed by atoms with Crippen molar-refractivity contribution in [1.82, 2.24) is 9.62 Å². The minimum Gasteiger partial charge on any atom is -0.452 e. The first-order valence-electron chi connectivity index (χ1n) is 9.61. The van der Waals surface area contributed by atoms with Gasteiger partial charge in [0.1, 0.15) is 0 Å². The number of ether oxygens (including phenoxy) is 2. The number of sulfonamides is 1. The van der Waals surface area contributed by atoms with Gasteiger partial charge in [0, 0.05) is 19.1 Å². The van der Waals surface area contributed by atoms with Gasteiger partial charge in [0.15, 0.2) is 6.61 Å². The molecule has 9 heteroatoms. The third kappa shape index (κ3) is 5.30. The molecule has 1 aromatic carbocycles. The van der Waals surface area contributed by atoms with E-state index in [1.165, 1.54) is 35.0 Å². The molecule has 0 bridgehead atoms. The van der Waals surface area contributed by atoms with Gasteiger partial charge in [-0.1, -0.05) is 25.3 Å². The van der Waals surface area contributed by atoms with Crippen LogP contribution in [0.5, 0.6) is 0 Å². The molecule has 28 heavy (non-hydrogen) atoms. The molecule has 1 aromatic rings. The van der Waals surface area contributed by atoms with E-state index in [0.29, 0.717) is 13.2 Å².